The van der Waals surface area contributed by atoms with Crippen LogP contribution in [0.3, 0.4) is 0 Å². The summed E-state index contributed by atoms with van der Waals surface area (Å²) in [5.41, 5.74) is -0.658. The van der Waals surface area contributed by atoms with Gasteiger partial charge in [-0.3, -0.25) is 9.59 Å². The zero-order chi connectivity index (χ0) is 17.7. The molecule has 0 aromatic carbocycles. The van der Waals surface area contributed by atoms with Crippen LogP contribution >= 0.6 is 46.4 Å². The third-order valence-electron chi connectivity index (χ3n) is 5.14. The van der Waals surface area contributed by atoms with Gasteiger partial charge in [-0.1, -0.05) is 74.1 Å². The number of ether oxygens (including phenoxy) is 1. The van der Waals surface area contributed by atoms with Crippen molar-refractivity contribution in [1.82, 2.24) is 0 Å². The van der Waals surface area contributed by atoms with E-state index in [9.17, 15) is 9.59 Å². The molecule has 0 N–H and O–H groups in total. The number of esters is 2. The molecule has 4 atom stereocenters. The van der Waals surface area contributed by atoms with E-state index < -0.39 is 23.8 Å². The molecule has 2 aliphatic carbocycles. The van der Waals surface area contributed by atoms with Gasteiger partial charge in [-0.2, -0.15) is 0 Å². The molecule has 0 aromatic rings. The smallest absolute Gasteiger partial charge is 0.317 e. The van der Waals surface area contributed by atoms with Gasteiger partial charge < -0.3 is 4.74 Å². The van der Waals surface area contributed by atoms with Gasteiger partial charge in [-0.25, -0.2) is 0 Å². The standard InChI is InChI=1S/C16H18Cl4O3/c1-15(2)7(5-9(17)18)11(15)13(21)23-14(22)12-8(6-10(19)20)16(12,3)4/h5-8,11-12H,1-4H3/t7-,8-,11+,12+/m0/s1. The Bertz CT molecular complexity index is 546. The maximum atomic E-state index is 12.3. The minimum Gasteiger partial charge on any atom is -0.393 e. The third-order valence-corrected chi connectivity index (χ3v) is 5.65. The first kappa shape index (κ1) is 19.1. The molecule has 2 fully saturated rings. The van der Waals surface area contributed by atoms with Crippen LogP contribution in [0, 0.1) is 34.5 Å². The lowest BCUT2D eigenvalue weighted by Crippen LogP contribution is -2.19. The van der Waals surface area contributed by atoms with Gasteiger partial charge in [0.25, 0.3) is 0 Å². The molecule has 0 aromatic heterocycles. The predicted octanol–water partition coefficient (Wildman–Crippen LogP) is 5.24. The van der Waals surface area contributed by atoms with Crippen LogP contribution in [0.1, 0.15) is 27.7 Å². The Morgan fingerprint density at radius 2 is 1.09 bits per heavy atom. The van der Waals surface area contributed by atoms with Gasteiger partial charge in [0.2, 0.25) is 0 Å². The summed E-state index contributed by atoms with van der Waals surface area (Å²) in [6.07, 6.45) is 3.22. The van der Waals surface area contributed by atoms with Crippen molar-refractivity contribution in [3.63, 3.8) is 0 Å². The van der Waals surface area contributed by atoms with Crippen molar-refractivity contribution in [2.24, 2.45) is 34.5 Å². The molecule has 2 saturated carbocycles. The van der Waals surface area contributed by atoms with Crippen molar-refractivity contribution in [2.45, 2.75) is 27.7 Å². The van der Waals surface area contributed by atoms with Crippen LogP contribution in [0.4, 0.5) is 0 Å². The molecule has 2 rings (SSSR count). The second-order valence-corrected chi connectivity index (χ2v) is 9.32. The molecular formula is C16H18Cl4O3. The Morgan fingerprint density at radius 3 is 1.35 bits per heavy atom. The highest BCUT2D eigenvalue weighted by molar-refractivity contribution is 6.56. The molecule has 0 aliphatic heterocycles. The van der Waals surface area contributed by atoms with Gasteiger partial charge in [0.1, 0.15) is 8.98 Å². The number of allylic oxidation sites excluding steroid dienone is 2. The first-order chi connectivity index (χ1) is 10.4. The monoisotopic (exact) mass is 398 g/mol. The van der Waals surface area contributed by atoms with E-state index in [-0.39, 0.29) is 31.6 Å². The van der Waals surface area contributed by atoms with E-state index in [1.54, 1.807) is 12.2 Å². The quantitative estimate of drug-likeness (QED) is 0.479. The van der Waals surface area contributed by atoms with Crippen molar-refractivity contribution in [1.29, 1.82) is 0 Å². The molecule has 0 unspecified atom stereocenters. The van der Waals surface area contributed by atoms with E-state index in [0.29, 0.717) is 0 Å². The summed E-state index contributed by atoms with van der Waals surface area (Å²) in [4.78, 5) is 24.5. The maximum absolute atomic E-state index is 12.3. The molecule has 0 amide bonds. The molecule has 3 nitrogen and oxygen atoms in total. The average Bonchev–Trinajstić information content (AvgIpc) is 3.08. The summed E-state index contributed by atoms with van der Waals surface area (Å²) in [6, 6.07) is 0. The van der Waals surface area contributed by atoms with Crippen molar-refractivity contribution in [3.05, 3.63) is 21.1 Å². The highest BCUT2D eigenvalue weighted by atomic mass is 35.5. The molecule has 0 heterocycles. The van der Waals surface area contributed by atoms with Gasteiger partial charge >= 0.3 is 11.9 Å². The Morgan fingerprint density at radius 1 is 0.783 bits per heavy atom. The third kappa shape index (κ3) is 3.73. The van der Waals surface area contributed by atoms with Gasteiger partial charge in [-0.15, -0.1) is 0 Å². The lowest BCUT2D eigenvalue weighted by molar-refractivity contribution is -0.162. The van der Waals surface area contributed by atoms with Crippen LogP contribution in [-0.4, -0.2) is 11.9 Å². The molecular weight excluding hydrogens is 382 g/mol. The molecule has 7 heteroatoms. The number of carbonyl (C=O) groups excluding carboxylic acids is 2. The molecule has 23 heavy (non-hydrogen) atoms. The van der Waals surface area contributed by atoms with Gasteiger partial charge in [0.05, 0.1) is 11.8 Å². The molecule has 2 aliphatic rings. The van der Waals surface area contributed by atoms with Crippen LogP contribution in [0.25, 0.3) is 0 Å². The van der Waals surface area contributed by atoms with Crippen molar-refractivity contribution in [3.8, 4) is 0 Å². The van der Waals surface area contributed by atoms with E-state index >= 15 is 0 Å². The number of halogens is 4. The Labute approximate surface area is 155 Å². The fourth-order valence-corrected chi connectivity index (χ4v) is 3.92. The normalized spacial score (nSPS) is 32.5. The van der Waals surface area contributed by atoms with Crippen LogP contribution in [0.5, 0.6) is 0 Å². The van der Waals surface area contributed by atoms with Crippen molar-refractivity contribution >= 4 is 58.3 Å². The van der Waals surface area contributed by atoms with Crippen LogP contribution < -0.4 is 0 Å². The highest BCUT2D eigenvalue weighted by Gasteiger charge is 2.65. The minimum atomic E-state index is -0.543. The van der Waals surface area contributed by atoms with Crippen LogP contribution in [0.2, 0.25) is 0 Å². The first-order valence-electron chi connectivity index (χ1n) is 7.22. The predicted molar refractivity (Wildman–Crippen MR) is 92.2 cm³/mol. The number of rotatable bonds is 4. The van der Waals surface area contributed by atoms with Gasteiger partial charge in [-0.05, 0) is 34.8 Å². The van der Waals surface area contributed by atoms with E-state index in [1.165, 1.54) is 0 Å². The number of hydrogen-bond donors (Lipinski definition) is 0. The molecule has 0 radical (unpaired) electrons. The average molecular weight is 400 g/mol. The molecule has 0 bridgehead atoms. The van der Waals surface area contributed by atoms with Crippen LogP contribution in [0.15, 0.2) is 21.1 Å². The summed E-state index contributed by atoms with van der Waals surface area (Å²) < 4.78 is 5.30. The topological polar surface area (TPSA) is 43.4 Å². The second-order valence-electron chi connectivity index (χ2n) is 7.30. The fraction of sp³-hybridized carbons (Fsp3) is 0.625. The molecule has 128 valence electrons. The SMILES string of the molecule is CC1(C)[C@@H](C=C(Cl)Cl)[C@@H]1C(=O)OC(=O)[C@H]1[C@H](C=C(Cl)Cl)C1(C)C. The largest absolute Gasteiger partial charge is 0.393 e. The van der Waals surface area contributed by atoms with Crippen LogP contribution in [-0.2, 0) is 14.3 Å². The summed E-state index contributed by atoms with van der Waals surface area (Å²) in [7, 11) is 0. The Kier molecular flexibility index (Phi) is 5.20. The van der Waals surface area contributed by atoms with E-state index in [0.717, 1.165) is 0 Å². The molecule has 0 saturated heterocycles. The summed E-state index contributed by atoms with van der Waals surface area (Å²) >= 11 is 22.6. The van der Waals surface area contributed by atoms with E-state index in [1.807, 2.05) is 27.7 Å². The van der Waals surface area contributed by atoms with Crippen molar-refractivity contribution < 1.29 is 14.3 Å². The van der Waals surface area contributed by atoms with E-state index in [4.69, 9.17) is 51.1 Å². The fourth-order valence-electron chi connectivity index (χ4n) is 3.38. The lowest BCUT2D eigenvalue weighted by atomic mass is 10.1. The zero-order valence-corrected chi connectivity index (χ0v) is 16.2. The minimum absolute atomic E-state index is 0.106. The summed E-state index contributed by atoms with van der Waals surface area (Å²) in [5, 5.41) is 0. The second kappa shape index (κ2) is 6.25. The first-order valence-corrected chi connectivity index (χ1v) is 8.73. The highest BCUT2D eigenvalue weighted by Crippen LogP contribution is 2.62. The van der Waals surface area contributed by atoms with Gasteiger partial charge in [0.15, 0.2) is 0 Å². The Hall–Kier alpha value is -0.220. The van der Waals surface area contributed by atoms with E-state index in [2.05, 4.69) is 0 Å². The number of carbonyl (C=O) groups is 2. The number of hydrogen-bond acceptors (Lipinski definition) is 3. The van der Waals surface area contributed by atoms with Crippen molar-refractivity contribution in [2.75, 3.05) is 0 Å². The zero-order valence-electron chi connectivity index (χ0n) is 13.2. The summed E-state index contributed by atoms with van der Waals surface area (Å²) in [5.74, 6) is -2.20. The maximum Gasteiger partial charge on any atom is 0.317 e. The Balaban J connectivity index is 2.01. The molecule has 0 spiro atoms. The lowest BCUT2D eigenvalue weighted by Gasteiger charge is -2.05. The van der Waals surface area contributed by atoms with Gasteiger partial charge in [0, 0.05) is 0 Å². The summed E-state index contributed by atoms with van der Waals surface area (Å²) in [6.45, 7) is 7.62.